The molecule has 0 spiro atoms. The molecule has 3 atom stereocenters. The number of carbonyl (C=O) groups is 1. The van der Waals surface area contributed by atoms with Crippen molar-refractivity contribution >= 4 is 46.3 Å². The third-order valence-corrected chi connectivity index (χ3v) is 20.2. The summed E-state index contributed by atoms with van der Waals surface area (Å²) in [5.74, 6) is 0.574. The van der Waals surface area contributed by atoms with Crippen molar-refractivity contribution in [1.29, 1.82) is 0 Å². The normalized spacial score (nSPS) is 16.2. The first kappa shape index (κ1) is 67.8. The Morgan fingerprint density at radius 1 is 0.693 bits per heavy atom. The summed E-state index contributed by atoms with van der Waals surface area (Å²) < 4.78 is 135. The van der Waals surface area contributed by atoms with Gasteiger partial charge in [0, 0.05) is 24.3 Å². The number of nitrogens with one attached hydrogen (secondary N) is 2. The summed E-state index contributed by atoms with van der Waals surface area (Å²) in [6.07, 6.45) is -7.39. The van der Waals surface area contributed by atoms with Crippen molar-refractivity contribution in [2.45, 2.75) is 121 Å². The Kier molecular flexibility index (Phi) is 21.4. The zero-order valence-corrected chi connectivity index (χ0v) is 51.5. The van der Waals surface area contributed by atoms with Gasteiger partial charge in [0.2, 0.25) is 5.79 Å². The fourth-order valence-corrected chi connectivity index (χ4v) is 10.9. The van der Waals surface area contributed by atoms with Crippen LogP contribution < -0.4 is 9.47 Å². The SMILES string of the molecule is C1CCOC1.CC(O)C(=O)c1ccccc1-c1ccc2nc(COc3ccc(C(F)(F)F)cc3)[nH]c2c1.CC1OC1(O[Si](C)(C)C(C)(C)C)c1ccccc1-c1ccc2nc(COc3ccc(C(F)(F)F)cc3)[nH]c2c1.Cc1ccc(S(=O)(=O)O)cc1.O. The predicted molar refractivity (Wildman–Crippen MR) is 326 cm³/mol. The highest BCUT2D eigenvalue weighted by Crippen LogP contribution is 2.55. The van der Waals surface area contributed by atoms with Gasteiger partial charge in [-0.3, -0.25) is 9.35 Å². The molecule has 2 fully saturated rings. The summed E-state index contributed by atoms with van der Waals surface area (Å²) in [6.45, 7) is 18.6. The van der Waals surface area contributed by atoms with Gasteiger partial charge >= 0.3 is 12.4 Å². The van der Waals surface area contributed by atoms with E-state index in [1.165, 1.54) is 56.2 Å². The van der Waals surface area contributed by atoms with Gasteiger partial charge in [0.05, 0.1) is 38.1 Å². The number of ketones is 1. The average Bonchev–Trinajstić information content (AvgIpc) is 1.76. The minimum atomic E-state index is -4.40. The largest absolute Gasteiger partial charge is 0.486 e. The van der Waals surface area contributed by atoms with E-state index < -0.39 is 53.8 Å². The van der Waals surface area contributed by atoms with Crippen molar-refractivity contribution in [3.63, 3.8) is 0 Å². The molecule has 15 nitrogen and oxygen atoms in total. The highest BCUT2D eigenvalue weighted by atomic mass is 32.2. The van der Waals surface area contributed by atoms with Crippen LogP contribution in [0.25, 0.3) is 44.3 Å². The lowest BCUT2D eigenvalue weighted by Crippen LogP contribution is -2.45. The first-order chi connectivity index (χ1) is 40.9. The Hall–Kier alpha value is -7.74. The van der Waals surface area contributed by atoms with Gasteiger partial charge in [-0.25, -0.2) is 9.97 Å². The van der Waals surface area contributed by atoms with E-state index in [4.69, 9.17) is 27.9 Å². The van der Waals surface area contributed by atoms with Gasteiger partial charge in [-0.1, -0.05) is 99.1 Å². The predicted octanol–water partition coefficient (Wildman–Crippen LogP) is 15.0. The highest BCUT2D eigenvalue weighted by Gasteiger charge is 2.61. The number of epoxide rings is 1. The van der Waals surface area contributed by atoms with Crippen molar-refractivity contribution in [3.05, 3.63) is 197 Å². The average molecular weight is 1260 g/mol. The Morgan fingerprint density at radius 3 is 1.55 bits per heavy atom. The molecule has 4 heterocycles. The molecule has 7 aromatic carbocycles. The Morgan fingerprint density at radius 2 is 1.14 bits per heavy atom. The monoisotopic (exact) mass is 1260 g/mol. The van der Waals surface area contributed by atoms with Crippen LogP contribution in [0.2, 0.25) is 18.1 Å². The molecule has 11 rings (SSSR count). The number of ether oxygens (including phenoxy) is 4. The summed E-state index contributed by atoms with van der Waals surface area (Å²) in [5, 5.41) is 9.73. The summed E-state index contributed by atoms with van der Waals surface area (Å²) >= 11 is 0. The van der Waals surface area contributed by atoms with E-state index in [0.717, 1.165) is 76.3 Å². The van der Waals surface area contributed by atoms with Crippen LogP contribution >= 0.6 is 0 Å². The maximum absolute atomic E-state index is 12.8. The zero-order valence-electron chi connectivity index (χ0n) is 49.6. The summed E-state index contributed by atoms with van der Waals surface area (Å²) in [6, 6.07) is 41.7. The third-order valence-electron chi connectivity index (χ3n) is 14.9. The van der Waals surface area contributed by atoms with Gasteiger partial charge in [-0.2, -0.15) is 34.8 Å². The van der Waals surface area contributed by atoms with E-state index in [0.29, 0.717) is 45.3 Å². The fourth-order valence-electron chi connectivity index (χ4n) is 9.02. The fraction of sp³-hybridized carbons (Fsp3) is 0.308. The van der Waals surface area contributed by atoms with Crippen molar-refractivity contribution in [2.24, 2.45) is 0 Å². The molecule has 2 aromatic heterocycles. The molecule has 6 N–H and O–H groups in total. The molecule has 3 unspecified atom stereocenters. The number of aryl methyl sites for hydroxylation is 1. The number of aliphatic hydroxyl groups is 1. The van der Waals surface area contributed by atoms with Crippen molar-refractivity contribution < 1.29 is 78.1 Å². The second-order valence-electron chi connectivity index (χ2n) is 22.5. The van der Waals surface area contributed by atoms with E-state index in [1.54, 1.807) is 30.3 Å². The Labute approximate surface area is 507 Å². The van der Waals surface area contributed by atoms with Crippen molar-refractivity contribution in [3.8, 4) is 33.8 Å². The number of alkyl halides is 6. The molecule has 0 bridgehead atoms. The third kappa shape index (κ3) is 17.1. The maximum Gasteiger partial charge on any atom is 0.416 e. The number of fused-ring (bicyclic) bond motifs is 2. The summed E-state index contributed by atoms with van der Waals surface area (Å²) in [5.41, 5.74) is 7.42. The van der Waals surface area contributed by atoms with Crippen molar-refractivity contribution in [2.75, 3.05) is 13.2 Å². The first-order valence-corrected chi connectivity index (χ1v) is 32.3. The number of H-pyrrole nitrogens is 2. The van der Waals surface area contributed by atoms with Crippen LogP contribution in [-0.2, 0) is 55.4 Å². The van der Waals surface area contributed by atoms with Crippen LogP contribution in [0, 0.1) is 6.92 Å². The molecule has 23 heteroatoms. The number of carbonyl (C=O) groups excluding carboxylic acids is 1. The van der Waals surface area contributed by atoms with Crippen LogP contribution in [0.3, 0.4) is 0 Å². The lowest BCUT2D eigenvalue weighted by atomic mass is 9.94. The number of nitrogens with zero attached hydrogens (tertiary/aromatic N) is 2. The van der Waals surface area contributed by atoms with Gasteiger partial charge in [0.25, 0.3) is 10.1 Å². The number of hydrogen-bond acceptors (Lipinski definition) is 11. The maximum atomic E-state index is 12.8. The smallest absolute Gasteiger partial charge is 0.416 e. The topological polar surface area (TPSA) is 230 Å². The van der Waals surface area contributed by atoms with E-state index in [1.807, 2.05) is 68.4 Å². The Balaban J connectivity index is 0.000000200. The van der Waals surface area contributed by atoms with Crippen LogP contribution in [0.4, 0.5) is 26.3 Å². The standard InChI is InChI=1S/C30H33F3N2O3Si.C24H19F3N2O3.C7H8O3S.C4H8O.H2O/c1-19-29(37-19,38-39(5,6)28(2,3)4)24-10-8-7-9-23(24)20-11-16-25-26(17-20)35-27(34-25)18-36-22-14-12-21(13-15-22)30(31,32)33;1-14(30)23(31)19-5-3-2-4-18(19)15-6-11-20-21(12-15)29-22(28-20)13-32-17-9-7-16(8-10-17)24(25,26)27;1-6-2-4-7(5-3-6)11(8,9)10;1-2-4-5-3-1;/h7-17,19H,18H2,1-6H3,(H,34,35);2-12,14,30H,13H2,1H3,(H,28,29);2-5H,1H3,(H,8,9,10);1-4H2;1H2. The minimum absolute atomic E-state index is 0. The van der Waals surface area contributed by atoms with Crippen LogP contribution in [-0.4, -0.2) is 83.0 Å². The lowest BCUT2D eigenvalue weighted by Gasteiger charge is -2.39. The Bertz CT molecular complexity index is 3910. The highest BCUT2D eigenvalue weighted by molar-refractivity contribution is 7.85. The first-order valence-electron chi connectivity index (χ1n) is 27.9. The molecule has 0 amide bonds. The number of benzene rings is 7. The molecular weight excluding hydrogens is 1190 g/mol. The summed E-state index contributed by atoms with van der Waals surface area (Å²) in [4.78, 5) is 27.7. The van der Waals surface area contributed by atoms with Crippen LogP contribution in [0.5, 0.6) is 11.5 Å². The zero-order chi connectivity index (χ0) is 63.1. The van der Waals surface area contributed by atoms with Gasteiger partial charge in [-0.05, 0) is 159 Å². The van der Waals surface area contributed by atoms with Gasteiger partial charge in [0.15, 0.2) is 14.1 Å². The molecule has 88 heavy (non-hydrogen) atoms. The molecule has 0 radical (unpaired) electrons. The number of aliphatic hydroxyl groups excluding tert-OH is 1. The van der Waals surface area contributed by atoms with E-state index in [2.05, 4.69) is 65.9 Å². The van der Waals surface area contributed by atoms with E-state index >= 15 is 0 Å². The van der Waals surface area contributed by atoms with Gasteiger partial charge in [-0.15, -0.1) is 0 Å². The second kappa shape index (κ2) is 27.7. The quantitative estimate of drug-likeness (QED) is 0.0262. The second-order valence-corrected chi connectivity index (χ2v) is 28.6. The van der Waals surface area contributed by atoms with Crippen LogP contribution in [0.15, 0.2) is 163 Å². The number of Topliss-reactive ketones (excluding diaryl/α,β-unsaturated/α-hetero) is 1. The van der Waals surface area contributed by atoms with E-state index in [9.17, 15) is 44.7 Å². The molecule has 2 aliphatic rings. The van der Waals surface area contributed by atoms with Gasteiger partial charge in [0.1, 0.15) is 48.6 Å². The minimum Gasteiger partial charge on any atom is -0.486 e. The number of imidazole rings is 2. The molecule has 0 aliphatic carbocycles. The number of rotatable bonds is 14. The number of aromatic nitrogens is 4. The van der Waals surface area contributed by atoms with Crippen LogP contribution in [0.1, 0.15) is 91.7 Å². The number of aromatic amines is 2. The molecule has 0 saturated carbocycles. The molecule has 2 saturated heterocycles. The lowest BCUT2D eigenvalue weighted by molar-refractivity contribution is -0.138. The number of hydrogen-bond donors (Lipinski definition) is 4. The van der Waals surface area contributed by atoms with Crippen molar-refractivity contribution in [1.82, 2.24) is 19.9 Å². The molecule has 9 aromatic rings. The molecule has 468 valence electrons. The molecular formula is C65H70F6N4O11SSi. The number of halogens is 6. The molecule has 2 aliphatic heterocycles. The van der Waals surface area contributed by atoms with E-state index in [-0.39, 0.29) is 40.5 Å². The summed E-state index contributed by atoms with van der Waals surface area (Å²) in [7, 11) is -6.15. The van der Waals surface area contributed by atoms with Gasteiger partial charge < -0.3 is 43.9 Å².